The second kappa shape index (κ2) is 8.54. The van der Waals surface area contributed by atoms with Crippen LogP contribution in [0.1, 0.15) is 21.7 Å². The molecule has 3 heterocycles. The van der Waals surface area contributed by atoms with Gasteiger partial charge in [-0.1, -0.05) is 24.3 Å². The van der Waals surface area contributed by atoms with Crippen LogP contribution in [-0.2, 0) is 12.7 Å². The third-order valence-corrected chi connectivity index (χ3v) is 6.08. The van der Waals surface area contributed by atoms with Gasteiger partial charge < -0.3 is 9.64 Å². The molecule has 162 valence electrons. The van der Waals surface area contributed by atoms with Crippen molar-refractivity contribution in [2.24, 2.45) is 0 Å². The summed E-state index contributed by atoms with van der Waals surface area (Å²) >= 11 is 0.608. The Hall–Kier alpha value is -3.14. The smallest absolute Gasteiger partial charge is 0.425 e. The summed E-state index contributed by atoms with van der Waals surface area (Å²) in [5, 5.41) is 0. The normalized spacial score (nSPS) is 14.5. The molecule has 0 N–H and O–H groups in total. The van der Waals surface area contributed by atoms with Crippen molar-refractivity contribution in [1.29, 1.82) is 0 Å². The highest BCUT2D eigenvalue weighted by molar-refractivity contribution is 7.12. The van der Waals surface area contributed by atoms with E-state index in [-0.39, 0.29) is 6.54 Å². The van der Waals surface area contributed by atoms with Gasteiger partial charge in [-0.15, -0.1) is 11.3 Å². The number of methoxy groups -OCH3 is 1. The number of hydrogen-bond acceptors (Lipinski definition) is 6. The quantitative estimate of drug-likeness (QED) is 0.589. The fourth-order valence-electron chi connectivity index (χ4n) is 3.40. The molecule has 1 aliphatic heterocycles. The third kappa shape index (κ3) is 4.63. The minimum absolute atomic E-state index is 0.00227. The van der Waals surface area contributed by atoms with Crippen LogP contribution in [0.2, 0.25) is 0 Å². The zero-order chi connectivity index (χ0) is 22.0. The highest BCUT2D eigenvalue weighted by Gasteiger charge is 2.32. The molecule has 1 aliphatic rings. The van der Waals surface area contributed by atoms with Gasteiger partial charge in [0, 0.05) is 23.5 Å². The van der Waals surface area contributed by atoms with Crippen molar-refractivity contribution in [3.05, 3.63) is 74.6 Å². The number of para-hydroxylation sites is 1. The van der Waals surface area contributed by atoms with E-state index in [4.69, 9.17) is 4.74 Å². The number of thiophene rings is 1. The summed E-state index contributed by atoms with van der Waals surface area (Å²) in [4.78, 5) is 22.3. The van der Waals surface area contributed by atoms with Gasteiger partial charge in [-0.05, 0) is 30.2 Å². The molecule has 0 saturated heterocycles. The van der Waals surface area contributed by atoms with Crippen LogP contribution in [0.15, 0.2) is 53.6 Å². The van der Waals surface area contributed by atoms with E-state index in [1.807, 2.05) is 29.2 Å². The summed E-state index contributed by atoms with van der Waals surface area (Å²) in [7, 11) is 1.64. The van der Waals surface area contributed by atoms with Gasteiger partial charge >= 0.3 is 11.9 Å². The minimum Gasteiger partial charge on any atom is -0.496 e. The zero-order valence-electron chi connectivity index (χ0n) is 16.6. The summed E-state index contributed by atoms with van der Waals surface area (Å²) < 4.78 is 44.9. The van der Waals surface area contributed by atoms with E-state index in [2.05, 4.69) is 16.0 Å². The largest absolute Gasteiger partial charge is 0.496 e. The van der Waals surface area contributed by atoms with Crippen LogP contribution >= 0.6 is 11.3 Å². The Kier molecular flexibility index (Phi) is 5.81. The van der Waals surface area contributed by atoms with E-state index in [1.165, 1.54) is 17.0 Å². The molecule has 1 aromatic carbocycles. The Morgan fingerprint density at radius 2 is 2.00 bits per heavy atom. The molecule has 0 saturated carbocycles. The van der Waals surface area contributed by atoms with Gasteiger partial charge in [0.25, 0.3) is 0 Å². The maximum atomic E-state index is 12.8. The summed E-state index contributed by atoms with van der Waals surface area (Å²) in [5.41, 5.74) is 1.64. The van der Waals surface area contributed by atoms with Gasteiger partial charge in [-0.25, -0.2) is 9.78 Å². The van der Waals surface area contributed by atoms with Gasteiger partial charge in [-0.2, -0.15) is 18.2 Å². The van der Waals surface area contributed by atoms with Crippen LogP contribution < -0.4 is 15.3 Å². The summed E-state index contributed by atoms with van der Waals surface area (Å²) in [5.74, 6) is 1.11. The van der Waals surface area contributed by atoms with E-state index in [9.17, 15) is 18.0 Å². The molecule has 0 radical (unpaired) electrons. The standard InChI is InChI=1S/C21H19F3N4O2S/c1-30-17-5-3-2-4-16(17)14-8-10-27(11-9-14)19-25-13-28(20(29)26-19)12-15-6-7-18(31-15)21(22,23)24/h2-8,13H,9-12H2,1H3. The molecule has 3 aromatic rings. The molecule has 0 fully saturated rings. The number of aromatic nitrogens is 3. The molecule has 0 amide bonds. The van der Waals surface area contributed by atoms with E-state index in [0.717, 1.165) is 29.4 Å². The van der Waals surface area contributed by atoms with Crippen molar-refractivity contribution >= 4 is 22.9 Å². The summed E-state index contributed by atoms with van der Waals surface area (Å²) in [6.45, 7) is 1.17. The van der Waals surface area contributed by atoms with Crippen LogP contribution in [0.4, 0.5) is 19.1 Å². The lowest BCUT2D eigenvalue weighted by Crippen LogP contribution is -2.33. The molecule has 0 unspecified atom stereocenters. The van der Waals surface area contributed by atoms with Gasteiger partial charge in [0.1, 0.15) is 17.0 Å². The monoisotopic (exact) mass is 448 g/mol. The maximum Gasteiger partial charge on any atom is 0.425 e. The van der Waals surface area contributed by atoms with Crippen molar-refractivity contribution < 1.29 is 17.9 Å². The lowest BCUT2D eigenvalue weighted by Gasteiger charge is -2.27. The van der Waals surface area contributed by atoms with Crippen molar-refractivity contribution in [1.82, 2.24) is 14.5 Å². The fraction of sp³-hybridized carbons (Fsp3) is 0.286. The van der Waals surface area contributed by atoms with Crippen molar-refractivity contribution in [3.8, 4) is 5.75 Å². The average molecular weight is 448 g/mol. The Morgan fingerprint density at radius 3 is 2.65 bits per heavy atom. The molecule has 10 heteroatoms. The first-order valence-corrected chi connectivity index (χ1v) is 10.3. The van der Waals surface area contributed by atoms with Gasteiger partial charge in [-0.3, -0.25) is 4.57 Å². The Morgan fingerprint density at radius 1 is 1.19 bits per heavy atom. The molecule has 4 rings (SSSR count). The Balaban J connectivity index is 1.47. The fourth-order valence-corrected chi connectivity index (χ4v) is 4.27. The van der Waals surface area contributed by atoms with E-state index >= 15 is 0 Å². The second-order valence-corrected chi connectivity index (χ2v) is 8.12. The third-order valence-electron chi connectivity index (χ3n) is 4.97. The summed E-state index contributed by atoms with van der Waals surface area (Å²) in [6.07, 6.45) is -0.265. The van der Waals surface area contributed by atoms with Crippen LogP contribution in [0.5, 0.6) is 5.75 Å². The zero-order valence-corrected chi connectivity index (χ0v) is 17.4. The number of ether oxygens (including phenoxy) is 1. The predicted molar refractivity (Wildman–Crippen MR) is 113 cm³/mol. The molecule has 0 spiro atoms. The number of rotatable bonds is 5. The molecular formula is C21H19F3N4O2S. The van der Waals surface area contributed by atoms with Crippen LogP contribution in [0.3, 0.4) is 0 Å². The maximum absolute atomic E-state index is 12.8. The van der Waals surface area contributed by atoms with Crippen LogP contribution in [0, 0.1) is 0 Å². The highest BCUT2D eigenvalue weighted by atomic mass is 32.1. The SMILES string of the molecule is COc1ccccc1C1=CCN(c2ncn(Cc3ccc(C(F)(F)F)s3)c(=O)n2)CC1. The van der Waals surface area contributed by atoms with Crippen molar-refractivity contribution in [2.45, 2.75) is 19.1 Å². The van der Waals surface area contributed by atoms with Crippen LogP contribution in [-0.4, -0.2) is 34.7 Å². The average Bonchev–Trinajstić information content (AvgIpc) is 3.24. The topological polar surface area (TPSA) is 60.2 Å². The lowest BCUT2D eigenvalue weighted by atomic mass is 9.99. The first-order chi connectivity index (χ1) is 14.8. The van der Waals surface area contributed by atoms with E-state index < -0.39 is 16.7 Å². The second-order valence-electron chi connectivity index (χ2n) is 6.96. The Labute approximate surface area is 180 Å². The van der Waals surface area contributed by atoms with Gasteiger partial charge in [0.15, 0.2) is 0 Å². The lowest BCUT2D eigenvalue weighted by molar-refractivity contribution is -0.134. The van der Waals surface area contributed by atoms with Gasteiger partial charge in [0.2, 0.25) is 5.95 Å². The first kappa shape index (κ1) is 21.1. The molecule has 0 aliphatic carbocycles. The van der Waals surface area contributed by atoms with Gasteiger partial charge in [0.05, 0.1) is 13.7 Å². The molecule has 0 bridgehead atoms. The number of benzene rings is 1. The molecule has 31 heavy (non-hydrogen) atoms. The predicted octanol–water partition coefficient (Wildman–Crippen LogP) is 4.07. The van der Waals surface area contributed by atoms with E-state index in [0.29, 0.717) is 35.3 Å². The number of anilines is 1. The first-order valence-electron chi connectivity index (χ1n) is 9.52. The number of hydrogen-bond donors (Lipinski definition) is 0. The number of nitrogens with zero attached hydrogens (tertiary/aromatic N) is 4. The minimum atomic E-state index is -4.39. The van der Waals surface area contributed by atoms with Crippen molar-refractivity contribution in [2.75, 3.05) is 25.1 Å². The Bertz CT molecular complexity index is 1170. The van der Waals surface area contributed by atoms with E-state index in [1.54, 1.807) is 7.11 Å². The molecule has 0 atom stereocenters. The molecule has 2 aromatic heterocycles. The molecular weight excluding hydrogens is 429 g/mol. The van der Waals surface area contributed by atoms with Crippen LogP contribution in [0.25, 0.3) is 5.57 Å². The summed E-state index contributed by atoms with van der Waals surface area (Å²) in [6, 6.07) is 10.2. The number of alkyl halides is 3. The highest BCUT2D eigenvalue weighted by Crippen LogP contribution is 2.35. The van der Waals surface area contributed by atoms with Crippen molar-refractivity contribution in [3.63, 3.8) is 0 Å². The molecule has 6 nitrogen and oxygen atoms in total. The number of halogens is 3.